The number of thiophene rings is 1. The van der Waals surface area contributed by atoms with Crippen molar-refractivity contribution in [3.05, 3.63) is 71.6 Å². The molecule has 1 saturated heterocycles. The zero-order chi connectivity index (χ0) is 22.1. The molecule has 2 aromatic carbocycles. The largest absolute Gasteiger partial charge is 0.355 e. The van der Waals surface area contributed by atoms with E-state index in [4.69, 9.17) is 4.52 Å². The van der Waals surface area contributed by atoms with Crippen molar-refractivity contribution < 1.29 is 17.7 Å². The summed E-state index contributed by atoms with van der Waals surface area (Å²) in [5.74, 6) is 0.559. The summed E-state index contributed by atoms with van der Waals surface area (Å²) in [5, 5.41) is 6.64. The number of likely N-dealkylation sites (tertiary alicyclic amines) is 1. The van der Waals surface area contributed by atoms with Gasteiger partial charge in [-0.15, -0.1) is 11.3 Å². The van der Waals surface area contributed by atoms with Gasteiger partial charge in [0.2, 0.25) is 10.0 Å². The van der Waals surface area contributed by atoms with Crippen LogP contribution in [0.2, 0.25) is 0 Å². The van der Waals surface area contributed by atoms with Crippen LogP contribution in [-0.2, 0) is 10.0 Å². The number of rotatable bonds is 5. The number of hydrogen-bond acceptors (Lipinski definition) is 6. The first kappa shape index (κ1) is 20.9. The minimum Gasteiger partial charge on any atom is -0.355 e. The van der Waals surface area contributed by atoms with Crippen LogP contribution in [0.15, 0.2) is 74.8 Å². The molecule has 3 heterocycles. The number of benzene rings is 2. The summed E-state index contributed by atoms with van der Waals surface area (Å²) in [6.45, 7) is 0.980. The zero-order valence-corrected chi connectivity index (χ0v) is 18.7. The Balaban J connectivity index is 1.29. The van der Waals surface area contributed by atoms with Crippen LogP contribution < -0.4 is 4.72 Å². The third-order valence-electron chi connectivity index (χ3n) is 5.62. The monoisotopic (exact) mass is 467 g/mol. The molecule has 2 aromatic heterocycles. The SMILES string of the molecule is O=C(c1ccc2noc(-c3ccccc3)c2c1)N1CCC(NS(=O)(=O)c2cccs2)CC1. The second kappa shape index (κ2) is 8.50. The molecule has 7 nitrogen and oxygen atoms in total. The Kier molecular flexibility index (Phi) is 5.54. The first-order valence-electron chi connectivity index (χ1n) is 10.3. The first-order chi connectivity index (χ1) is 15.5. The van der Waals surface area contributed by atoms with Crippen LogP contribution >= 0.6 is 11.3 Å². The van der Waals surface area contributed by atoms with Gasteiger partial charge in [0.05, 0.1) is 5.39 Å². The van der Waals surface area contributed by atoms with E-state index in [-0.39, 0.29) is 11.9 Å². The van der Waals surface area contributed by atoms with Crippen LogP contribution in [0.25, 0.3) is 22.2 Å². The number of fused-ring (bicyclic) bond motifs is 1. The highest BCUT2D eigenvalue weighted by Gasteiger charge is 2.28. The van der Waals surface area contributed by atoms with Gasteiger partial charge in [0.1, 0.15) is 9.73 Å². The molecule has 1 amide bonds. The molecule has 0 radical (unpaired) electrons. The number of nitrogens with one attached hydrogen (secondary N) is 1. The highest BCUT2D eigenvalue weighted by molar-refractivity contribution is 7.91. The number of hydrogen-bond donors (Lipinski definition) is 1. The maximum Gasteiger partial charge on any atom is 0.253 e. The van der Waals surface area contributed by atoms with Gasteiger partial charge in [-0.1, -0.05) is 41.6 Å². The number of piperidine rings is 1. The van der Waals surface area contributed by atoms with E-state index in [0.717, 1.165) is 10.9 Å². The molecule has 164 valence electrons. The smallest absolute Gasteiger partial charge is 0.253 e. The molecule has 1 aliphatic heterocycles. The Labute approximate surface area is 189 Å². The number of nitrogens with zero attached hydrogens (tertiary/aromatic N) is 2. The normalized spacial score (nSPS) is 15.3. The lowest BCUT2D eigenvalue weighted by Gasteiger charge is -2.32. The lowest BCUT2D eigenvalue weighted by molar-refractivity contribution is 0.0711. The van der Waals surface area contributed by atoms with Gasteiger partial charge in [0.15, 0.2) is 5.76 Å². The summed E-state index contributed by atoms with van der Waals surface area (Å²) in [4.78, 5) is 14.9. The number of carbonyl (C=O) groups is 1. The van der Waals surface area contributed by atoms with Crippen LogP contribution in [0.5, 0.6) is 0 Å². The maximum atomic E-state index is 13.1. The van der Waals surface area contributed by atoms with Crippen molar-refractivity contribution in [1.82, 2.24) is 14.8 Å². The fourth-order valence-corrected chi connectivity index (χ4v) is 6.26. The van der Waals surface area contributed by atoms with Crippen LogP contribution in [0.4, 0.5) is 0 Å². The van der Waals surface area contributed by atoms with Crippen molar-refractivity contribution in [3.63, 3.8) is 0 Å². The lowest BCUT2D eigenvalue weighted by atomic mass is 10.0. The van der Waals surface area contributed by atoms with Gasteiger partial charge in [-0.25, -0.2) is 13.1 Å². The van der Waals surface area contributed by atoms with Crippen molar-refractivity contribution in [3.8, 4) is 11.3 Å². The Morgan fingerprint density at radius 2 is 1.84 bits per heavy atom. The van der Waals surface area contributed by atoms with Crippen LogP contribution in [0.1, 0.15) is 23.2 Å². The minimum atomic E-state index is -3.51. The summed E-state index contributed by atoms with van der Waals surface area (Å²) >= 11 is 1.19. The fourth-order valence-electron chi connectivity index (χ4n) is 3.95. The van der Waals surface area contributed by atoms with E-state index in [9.17, 15) is 13.2 Å². The molecule has 1 aliphatic rings. The molecule has 0 aliphatic carbocycles. The van der Waals surface area contributed by atoms with Crippen molar-refractivity contribution in [2.45, 2.75) is 23.1 Å². The van der Waals surface area contributed by atoms with E-state index in [1.807, 2.05) is 36.4 Å². The van der Waals surface area contributed by atoms with Gasteiger partial charge in [-0.05, 0) is 42.5 Å². The van der Waals surface area contributed by atoms with Crippen LogP contribution in [-0.4, -0.2) is 43.5 Å². The molecule has 1 fully saturated rings. The van der Waals surface area contributed by atoms with Gasteiger partial charge in [0, 0.05) is 30.3 Å². The summed E-state index contributed by atoms with van der Waals surface area (Å²) in [6.07, 6.45) is 1.14. The van der Waals surface area contributed by atoms with E-state index in [1.54, 1.807) is 34.5 Å². The third kappa shape index (κ3) is 4.06. The van der Waals surface area contributed by atoms with E-state index in [0.29, 0.717) is 47.0 Å². The molecule has 32 heavy (non-hydrogen) atoms. The van der Waals surface area contributed by atoms with Crippen molar-refractivity contribution >= 4 is 38.2 Å². The molecule has 0 bridgehead atoms. The molecule has 5 rings (SSSR count). The second-order valence-electron chi connectivity index (χ2n) is 7.73. The second-order valence-corrected chi connectivity index (χ2v) is 10.6. The number of carbonyl (C=O) groups excluding carboxylic acids is 1. The zero-order valence-electron chi connectivity index (χ0n) is 17.1. The quantitative estimate of drug-likeness (QED) is 0.476. The number of amides is 1. The van der Waals surface area contributed by atoms with Gasteiger partial charge >= 0.3 is 0 Å². The Morgan fingerprint density at radius 1 is 1.06 bits per heavy atom. The molecule has 0 spiro atoms. The molecular formula is C23H21N3O4S2. The average molecular weight is 468 g/mol. The molecule has 1 N–H and O–H groups in total. The fraction of sp³-hybridized carbons (Fsp3) is 0.217. The van der Waals surface area contributed by atoms with Gasteiger partial charge < -0.3 is 9.42 Å². The number of aromatic nitrogens is 1. The van der Waals surface area contributed by atoms with Crippen LogP contribution in [0.3, 0.4) is 0 Å². The highest BCUT2D eigenvalue weighted by Crippen LogP contribution is 2.30. The molecule has 0 atom stereocenters. The average Bonchev–Trinajstić information content (AvgIpc) is 3.50. The van der Waals surface area contributed by atoms with E-state index < -0.39 is 10.0 Å². The van der Waals surface area contributed by atoms with Crippen molar-refractivity contribution in [2.24, 2.45) is 0 Å². The first-order valence-corrected chi connectivity index (χ1v) is 12.7. The van der Waals surface area contributed by atoms with Crippen LogP contribution in [0, 0.1) is 0 Å². The predicted octanol–water partition coefficient (Wildman–Crippen LogP) is 4.14. The topological polar surface area (TPSA) is 92.5 Å². The summed E-state index contributed by atoms with van der Waals surface area (Å²) in [7, 11) is -3.51. The molecule has 4 aromatic rings. The van der Waals surface area contributed by atoms with E-state index in [1.165, 1.54) is 11.3 Å². The highest BCUT2D eigenvalue weighted by atomic mass is 32.2. The number of sulfonamides is 1. The molecule has 9 heteroatoms. The van der Waals surface area contributed by atoms with Gasteiger partial charge in [0.25, 0.3) is 5.91 Å². The Bertz CT molecular complexity index is 1340. The maximum absolute atomic E-state index is 13.1. The van der Waals surface area contributed by atoms with Gasteiger partial charge in [-0.3, -0.25) is 4.79 Å². The lowest BCUT2D eigenvalue weighted by Crippen LogP contribution is -2.46. The van der Waals surface area contributed by atoms with Gasteiger partial charge in [-0.2, -0.15) is 0 Å². The van der Waals surface area contributed by atoms with E-state index in [2.05, 4.69) is 9.88 Å². The van der Waals surface area contributed by atoms with Crippen molar-refractivity contribution in [1.29, 1.82) is 0 Å². The standard InChI is InChI=1S/C23H21N3O4S2/c27-23(26-12-10-18(11-13-26)25-32(28,29)21-7-4-14-31-21)17-8-9-20-19(15-17)22(30-24-20)16-5-2-1-3-6-16/h1-9,14-15,18,25H,10-13H2. The molecule has 0 saturated carbocycles. The van der Waals surface area contributed by atoms with Crippen molar-refractivity contribution in [2.75, 3.05) is 13.1 Å². The summed E-state index contributed by atoms with van der Waals surface area (Å²) in [5.41, 5.74) is 2.16. The van der Waals surface area contributed by atoms with E-state index >= 15 is 0 Å². The Morgan fingerprint density at radius 3 is 2.56 bits per heavy atom. The molecule has 0 unspecified atom stereocenters. The third-order valence-corrected chi connectivity index (χ3v) is 8.54. The summed E-state index contributed by atoms with van der Waals surface area (Å²) < 4.78 is 33.5. The Hall–Kier alpha value is -3.01. The minimum absolute atomic E-state index is 0.0772. The molecular weight excluding hydrogens is 446 g/mol. The predicted molar refractivity (Wildman–Crippen MR) is 123 cm³/mol. The summed E-state index contributed by atoms with van der Waals surface area (Å²) in [6, 6.07) is 18.2.